The molecule has 1 heterocycles. The zero-order valence-corrected chi connectivity index (χ0v) is 12.2. The van der Waals surface area contributed by atoms with Gasteiger partial charge in [0.1, 0.15) is 0 Å². The summed E-state index contributed by atoms with van der Waals surface area (Å²) in [6, 6.07) is 2.20. The molecule has 0 aliphatic heterocycles. The highest BCUT2D eigenvalue weighted by molar-refractivity contribution is 5.50. The van der Waals surface area contributed by atoms with Crippen molar-refractivity contribution < 1.29 is 0 Å². The second-order valence-electron chi connectivity index (χ2n) is 6.64. The molecule has 100 valence electrons. The average Bonchev–Trinajstić information content (AvgIpc) is 2.38. The summed E-state index contributed by atoms with van der Waals surface area (Å²) >= 11 is 0. The summed E-state index contributed by atoms with van der Waals surface area (Å²) in [5, 5.41) is 3.28. The minimum atomic E-state index is 0.436. The molecule has 0 spiro atoms. The van der Waals surface area contributed by atoms with Gasteiger partial charge in [-0.15, -0.1) is 0 Å². The number of hydrogen-bond donors (Lipinski definition) is 1. The number of pyridine rings is 1. The van der Waals surface area contributed by atoms with E-state index < -0.39 is 0 Å². The molecule has 1 N–H and O–H groups in total. The van der Waals surface area contributed by atoms with E-state index in [2.05, 4.69) is 37.1 Å². The smallest absolute Gasteiger partial charge is 0.0559 e. The first-order valence-corrected chi connectivity index (χ1v) is 7.14. The van der Waals surface area contributed by atoms with Crippen LogP contribution in [0, 0.1) is 11.3 Å². The molecule has 2 atom stereocenters. The van der Waals surface area contributed by atoms with E-state index in [0.717, 1.165) is 5.92 Å². The normalized spacial score (nSPS) is 24.9. The van der Waals surface area contributed by atoms with Crippen LogP contribution in [0.15, 0.2) is 18.5 Å². The molecule has 2 nitrogen and oxygen atoms in total. The lowest BCUT2D eigenvalue weighted by Gasteiger charge is -2.38. The molecule has 2 heteroatoms. The Hall–Kier alpha value is -1.05. The van der Waals surface area contributed by atoms with Gasteiger partial charge in [0, 0.05) is 13.2 Å². The van der Waals surface area contributed by atoms with Crippen molar-refractivity contribution in [3.8, 4) is 0 Å². The van der Waals surface area contributed by atoms with E-state index in [-0.39, 0.29) is 0 Å². The maximum Gasteiger partial charge on any atom is 0.0559 e. The van der Waals surface area contributed by atoms with Crippen LogP contribution in [-0.2, 0) is 0 Å². The lowest BCUT2D eigenvalue weighted by atomic mass is 9.68. The molecule has 0 amide bonds. The molecule has 2 unspecified atom stereocenters. The summed E-state index contributed by atoms with van der Waals surface area (Å²) in [4.78, 5) is 4.22. The summed E-state index contributed by atoms with van der Waals surface area (Å²) in [5.41, 5.74) is 3.10. The van der Waals surface area contributed by atoms with Crippen LogP contribution in [0.1, 0.15) is 57.9 Å². The maximum absolute atomic E-state index is 4.22. The minimum Gasteiger partial charge on any atom is -0.387 e. The maximum atomic E-state index is 4.22. The van der Waals surface area contributed by atoms with Crippen LogP contribution in [0.25, 0.3) is 0 Å². The summed E-state index contributed by atoms with van der Waals surface area (Å²) in [6.45, 7) is 7.14. The second kappa shape index (κ2) is 5.29. The zero-order valence-electron chi connectivity index (χ0n) is 12.2. The van der Waals surface area contributed by atoms with Crippen LogP contribution in [0.3, 0.4) is 0 Å². The highest BCUT2D eigenvalue weighted by Gasteiger charge is 2.31. The molecule has 0 radical (unpaired) electrons. The molecular weight excluding hydrogens is 220 g/mol. The van der Waals surface area contributed by atoms with Crippen molar-refractivity contribution >= 4 is 5.69 Å². The average molecular weight is 246 g/mol. The quantitative estimate of drug-likeness (QED) is 0.834. The molecule has 18 heavy (non-hydrogen) atoms. The van der Waals surface area contributed by atoms with Gasteiger partial charge in [-0.2, -0.15) is 0 Å². The first kappa shape index (κ1) is 13.4. The Morgan fingerprint density at radius 2 is 2.06 bits per heavy atom. The first-order chi connectivity index (χ1) is 8.52. The summed E-state index contributed by atoms with van der Waals surface area (Å²) in [5.74, 6) is 1.54. The van der Waals surface area contributed by atoms with Gasteiger partial charge in [-0.25, -0.2) is 0 Å². The Labute approximate surface area is 111 Å². The highest BCUT2D eigenvalue weighted by atomic mass is 14.8. The van der Waals surface area contributed by atoms with Crippen LogP contribution >= 0.6 is 0 Å². The Morgan fingerprint density at radius 3 is 2.72 bits per heavy atom. The third-order valence-corrected chi connectivity index (χ3v) is 4.46. The van der Waals surface area contributed by atoms with E-state index in [4.69, 9.17) is 0 Å². The molecule has 1 aliphatic carbocycles. The molecule has 2 rings (SSSR count). The monoisotopic (exact) mass is 246 g/mol. The number of nitrogens with one attached hydrogen (secondary N) is 1. The Bertz CT molecular complexity index is 392. The first-order valence-electron chi connectivity index (χ1n) is 7.14. The molecular formula is C16H26N2. The summed E-state index contributed by atoms with van der Waals surface area (Å²) in [7, 11) is 1.99. The fourth-order valence-electron chi connectivity index (χ4n) is 3.23. The SMILES string of the molecule is CNc1cnccc1C1CCCC(C(C)(C)C)C1. The third kappa shape index (κ3) is 2.85. The molecule has 1 aliphatic rings. The molecule has 1 saturated carbocycles. The molecule has 1 fully saturated rings. The van der Waals surface area contributed by atoms with Crippen molar-refractivity contribution in [1.82, 2.24) is 4.98 Å². The summed E-state index contributed by atoms with van der Waals surface area (Å²) < 4.78 is 0. The van der Waals surface area contributed by atoms with Gasteiger partial charge in [0.05, 0.1) is 11.9 Å². The summed E-state index contributed by atoms with van der Waals surface area (Å²) in [6.07, 6.45) is 9.28. The fraction of sp³-hybridized carbons (Fsp3) is 0.688. The van der Waals surface area contributed by atoms with Gasteiger partial charge in [0.25, 0.3) is 0 Å². The molecule has 0 aromatic carbocycles. The predicted octanol–water partition coefficient (Wildman–Crippen LogP) is 4.44. The van der Waals surface area contributed by atoms with Crippen molar-refractivity contribution in [3.63, 3.8) is 0 Å². The van der Waals surface area contributed by atoms with Crippen LogP contribution < -0.4 is 5.32 Å². The second-order valence-corrected chi connectivity index (χ2v) is 6.64. The topological polar surface area (TPSA) is 24.9 Å². The number of hydrogen-bond acceptors (Lipinski definition) is 2. The highest BCUT2D eigenvalue weighted by Crippen LogP contribution is 2.45. The largest absolute Gasteiger partial charge is 0.387 e. The number of nitrogens with zero attached hydrogens (tertiary/aromatic N) is 1. The predicted molar refractivity (Wildman–Crippen MR) is 77.9 cm³/mol. The lowest BCUT2D eigenvalue weighted by Crippen LogP contribution is -2.26. The van der Waals surface area contributed by atoms with E-state index >= 15 is 0 Å². The fourth-order valence-corrected chi connectivity index (χ4v) is 3.23. The molecule has 1 aromatic heterocycles. The third-order valence-electron chi connectivity index (χ3n) is 4.46. The van der Waals surface area contributed by atoms with Crippen molar-refractivity contribution in [2.24, 2.45) is 11.3 Å². The molecule has 0 bridgehead atoms. The van der Waals surface area contributed by atoms with Gasteiger partial charge >= 0.3 is 0 Å². The number of rotatable bonds is 2. The van der Waals surface area contributed by atoms with Crippen LogP contribution in [-0.4, -0.2) is 12.0 Å². The minimum absolute atomic E-state index is 0.436. The van der Waals surface area contributed by atoms with Gasteiger partial charge in [0.15, 0.2) is 0 Å². The van der Waals surface area contributed by atoms with Gasteiger partial charge in [-0.1, -0.05) is 27.2 Å². The van der Waals surface area contributed by atoms with E-state index in [1.807, 2.05) is 19.4 Å². The molecule has 0 saturated heterocycles. The number of aromatic nitrogens is 1. The van der Waals surface area contributed by atoms with Gasteiger partial charge < -0.3 is 5.32 Å². The lowest BCUT2D eigenvalue weighted by molar-refractivity contribution is 0.165. The molecule has 1 aromatic rings. The zero-order chi connectivity index (χ0) is 13.2. The Morgan fingerprint density at radius 1 is 1.28 bits per heavy atom. The Kier molecular flexibility index (Phi) is 3.94. The van der Waals surface area contributed by atoms with Gasteiger partial charge in [-0.05, 0) is 48.1 Å². The van der Waals surface area contributed by atoms with Crippen molar-refractivity contribution in [1.29, 1.82) is 0 Å². The van der Waals surface area contributed by atoms with Crippen LogP contribution in [0.2, 0.25) is 0 Å². The van der Waals surface area contributed by atoms with Gasteiger partial charge in [0.2, 0.25) is 0 Å². The Balaban J connectivity index is 2.18. The standard InChI is InChI=1S/C16H26N2/c1-16(2,3)13-7-5-6-12(10-13)14-8-9-18-11-15(14)17-4/h8-9,11-13,17H,5-7,10H2,1-4H3. The van der Waals surface area contributed by atoms with Crippen molar-refractivity contribution in [2.45, 2.75) is 52.4 Å². The van der Waals surface area contributed by atoms with Gasteiger partial charge in [-0.3, -0.25) is 4.98 Å². The van der Waals surface area contributed by atoms with E-state index in [1.165, 1.54) is 36.9 Å². The number of anilines is 1. The van der Waals surface area contributed by atoms with Crippen LogP contribution in [0.4, 0.5) is 5.69 Å². The van der Waals surface area contributed by atoms with E-state index in [0.29, 0.717) is 11.3 Å². The van der Waals surface area contributed by atoms with E-state index in [1.54, 1.807) is 0 Å². The van der Waals surface area contributed by atoms with Crippen molar-refractivity contribution in [2.75, 3.05) is 12.4 Å². The van der Waals surface area contributed by atoms with Crippen LogP contribution in [0.5, 0.6) is 0 Å². The van der Waals surface area contributed by atoms with E-state index in [9.17, 15) is 0 Å². The van der Waals surface area contributed by atoms with Crippen molar-refractivity contribution in [3.05, 3.63) is 24.0 Å².